The molecule has 2 heterocycles. The normalized spacial score (nSPS) is 15.2. The van der Waals surface area contributed by atoms with Crippen LogP contribution in [0.2, 0.25) is 0 Å². The molecular weight excluding hydrogens is 401 g/mol. The van der Waals surface area contributed by atoms with Crippen LogP contribution < -0.4 is 10.2 Å². The topological polar surface area (TPSA) is 62.3 Å². The van der Waals surface area contributed by atoms with Crippen LogP contribution >= 0.6 is 11.3 Å². The number of carbonyl (C=O) groups is 2. The van der Waals surface area contributed by atoms with E-state index in [0.717, 1.165) is 46.6 Å². The maximum Gasteiger partial charge on any atom is 0.258 e. The zero-order chi connectivity index (χ0) is 20.8. The van der Waals surface area contributed by atoms with Gasteiger partial charge in [-0.25, -0.2) is 9.37 Å². The van der Waals surface area contributed by atoms with Crippen molar-refractivity contribution < 1.29 is 14.0 Å². The molecule has 152 valence electrons. The lowest BCUT2D eigenvalue weighted by Gasteiger charge is -2.17. The van der Waals surface area contributed by atoms with E-state index in [4.69, 9.17) is 0 Å². The van der Waals surface area contributed by atoms with Crippen molar-refractivity contribution in [2.75, 3.05) is 16.8 Å². The van der Waals surface area contributed by atoms with E-state index in [2.05, 4.69) is 16.4 Å². The second-order valence-electron chi connectivity index (χ2n) is 7.74. The fourth-order valence-electron chi connectivity index (χ4n) is 3.78. The maximum atomic E-state index is 13.2. The Kier molecular flexibility index (Phi) is 4.62. The van der Waals surface area contributed by atoms with Crippen molar-refractivity contribution in [1.29, 1.82) is 0 Å². The molecule has 30 heavy (non-hydrogen) atoms. The van der Waals surface area contributed by atoms with Crippen LogP contribution in [0, 0.1) is 18.7 Å². The summed E-state index contributed by atoms with van der Waals surface area (Å²) in [5.41, 5.74) is 4.27. The van der Waals surface area contributed by atoms with Gasteiger partial charge in [0.15, 0.2) is 5.13 Å². The number of rotatable bonds is 4. The highest BCUT2D eigenvalue weighted by molar-refractivity contribution is 7.16. The third-order valence-electron chi connectivity index (χ3n) is 5.56. The van der Waals surface area contributed by atoms with Gasteiger partial charge in [0.1, 0.15) is 5.82 Å². The summed E-state index contributed by atoms with van der Waals surface area (Å²) >= 11 is 1.48. The summed E-state index contributed by atoms with van der Waals surface area (Å²) in [4.78, 5) is 32.3. The molecule has 1 aliphatic heterocycles. The zero-order valence-electron chi connectivity index (χ0n) is 16.4. The molecule has 7 heteroatoms. The molecule has 1 fully saturated rings. The van der Waals surface area contributed by atoms with Gasteiger partial charge in [-0.05, 0) is 68.1 Å². The number of hydrogen-bond donors (Lipinski definition) is 1. The number of halogens is 1. The van der Waals surface area contributed by atoms with Gasteiger partial charge < -0.3 is 10.2 Å². The average Bonchev–Trinajstić information content (AvgIpc) is 3.41. The van der Waals surface area contributed by atoms with E-state index >= 15 is 0 Å². The number of benzene rings is 2. The fourth-order valence-corrected chi connectivity index (χ4v) is 4.62. The van der Waals surface area contributed by atoms with Crippen LogP contribution in [0.4, 0.5) is 15.2 Å². The summed E-state index contributed by atoms with van der Waals surface area (Å²) in [6.07, 6.45) is 2.67. The smallest absolute Gasteiger partial charge is 0.258 e. The summed E-state index contributed by atoms with van der Waals surface area (Å²) in [6.45, 7) is 2.59. The molecule has 0 unspecified atom stereocenters. The lowest BCUT2D eigenvalue weighted by Crippen LogP contribution is -2.28. The fraction of sp³-hybridized carbons (Fsp3) is 0.261. The third kappa shape index (κ3) is 3.50. The highest BCUT2D eigenvalue weighted by atomic mass is 32.1. The summed E-state index contributed by atoms with van der Waals surface area (Å²) in [7, 11) is 0. The molecule has 2 aromatic carbocycles. The quantitative estimate of drug-likeness (QED) is 0.658. The van der Waals surface area contributed by atoms with Gasteiger partial charge in [-0.15, -0.1) is 11.3 Å². The number of amides is 2. The van der Waals surface area contributed by atoms with Gasteiger partial charge in [-0.3, -0.25) is 9.59 Å². The molecule has 1 aromatic heterocycles. The molecule has 0 atom stereocenters. The molecule has 2 amide bonds. The highest BCUT2D eigenvalue weighted by Gasteiger charge is 2.30. The Balaban J connectivity index is 1.39. The van der Waals surface area contributed by atoms with Crippen molar-refractivity contribution in [2.24, 2.45) is 5.92 Å². The van der Waals surface area contributed by atoms with E-state index in [-0.39, 0.29) is 23.5 Å². The first kappa shape index (κ1) is 18.9. The van der Waals surface area contributed by atoms with E-state index in [9.17, 15) is 14.0 Å². The molecule has 0 spiro atoms. The lowest BCUT2D eigenvalue weighted by atomic mass is 10.1. The second-order valence-corrected chi connectivity index (χ2v) is 8.95. The number of aromatic nitrogens is 1. The number of anilines is 2. The Labute approximate surface area is 177 Å². The van der Waals surface area contributed by atoms with Crippen molar-refractivity contribution in [3.63, 3.8) is 0 Å². The Morgan fingerprint density at radius 1 is 1.17 bits per heavy atom. The zero-order valence-corrected chi connectivity index (χ0v) is 17.3. The largest absolute Gasteiger partial charge is 0.308 e. The van der Waals surface area contributed by atoms with Gasteiger partial charge in [-0.1, -0.05) is 6.07 Å². The molecule has 2 aliphatic rings. The Morgan fingerprint density at radius 2 is 1.93 bits per heavy atom. The van der Waals surface area contributed by atoms with Gasteiger partial charge >= 0.3 is 0 Å². The van der Waals surface area contributed by atoms with Crippen molar-refractivity contribution in [3.8, 4) is 11.3 Å². The predicted molar refractivity (Wildman–Crippen MR) is 115 cm³/mol. The van der Waals surface area contributed by atoms with E-state index < -0.39 is 0 Å². The van der Waals surface area contributed by atoms with Gasteiger partial charge in [0.05, 0.1) is 5.69 Å². The van der Waals surface area contributed by atoms with Crippen LogP contribution in [-0.2, 0) is 11.2 Å². The molecule has 1 N–H and O–H groups in total. The van der Waals surface area contributed by atoms with Gasteiger partial charge in [0.25, 0.3) is 5.91 Å². The number of fused-ring (bicyclic) bond motifs is 1. The molecule has 5 nitrogen and oxygen atoms in total. The summed E-state index contributed by atoms with van der Waals surface area (Å²) < 4.78 is 13.2. The summed E-state index contributed by atoms with van der Waals surface area (Å²) in [6, 6.07) is 11.6. The maximum absolute atomic E-state index is 13.2. The van der Waals surface area contributed by atoms with E-state index in [1.54, 1.807) is 4.90 Å². The number of hydrogen-bond acceptors (Lipinski definition) is 4. The Morgan fingerprint density at radius 3 is 2.67 bits per heavy atom. The SMILES string of the molecule is Cc1sc(NC(=O)C2CC2)nc1-c1ccc2c(c1)CCN2C(=O)c1ccc(F)cc1. The van der Waals surface area contributed by atoms with Crippen LogP contribution in [0.3, 0.4) is 0 Å². The molecule has 0 saturated heterocycles. The molecule has 0 radical (unpaired) electrons. The average molecular weight is 421 g/mol. The Bertz CT molecular complexity index is 1150. The monoisotopic (exact) mass is 421 g/mol. The molecule has 0 bridgehead atoms. The molecule has 1 aliphatic carbocycles. The van der Waals surface area contributed by atoms with E-state index in [1.165, 1.54) is 35.6 Å². The van der Waals surface area contributed by atoms with Gasteiger partial charge in [0.2, 0.25) is 5.91 Å². The number of carbonyl (C=O) groups excluding carboxylic acids is 2. The summed E-state index contributed by atoms with van der Waals surface area (Å²) in [5.74, 6) is -0.290. The van der Waals surface area contributed by atoms with Crippen molar-refractivity contribution in [2.45, 2.75) is 26.2 Å². The first-order valence-electron chi connectivity index (χ1n) is 9.98. The molecule has 1 saturated carbocycles. The molecule has 5 rings (SSSR count). The van der Waals surface area contributed by atoms with E-state index in [1.807, 2.05) is 19.1 Å². The molecule has 3 aromatic rings. The van der Waals surface area contributed by atoms with E-state index in [0.29, 0.717) is 17.2 Å². The number of nitrogens with one attached hydrogen (secondary N) is 1. The minimum Gasteiger partial charge on any atom is -0.308 e. The van der Waals surface area contributed by atoms with Gasteiger partial charge in [-0.2, -0.15) is 0 Å². The summed E-state index contributed by atoms with van der Waals surface area (Å²) in [5, 5.41) is 3.55. The predicted octanol–water partition coefficient (Wildman–Crippen LogP) is 4.81. The van der Waals surface area contributed by atoms with Gasteiger partial charge in [0, 0.05) is 34.2 Å². The van der Waals surface area contributed by atoms with Crippen molar-refractivity contribution in [3.05, 3.63) is 64.3 Å². The first-order chi connectivity index (χ1) is 14.5. The minimum atomic E-state index is -0.357. The number of thiazole rings is 1. The number of nitrogens with zero attached hydrogens (tertiary/aromatic N) is 2. The third-order valence-corrected chi connectivity index (χ3v) is 6.45. The lowest BCUT2D eigenvalue weighted by molar-refractivity contribution is -0.117. The van der Waals surface area contributed by atoms with Crippen LogP contribution in [-0.4, -0.2) is 23.3 Å². The standard InChI is InChI=1S/C23H20FN3O2S/c1-13-20(25-23(30-13)26-21(28)14-2-3-14)17-6-9-19-16(12-17)10-11-27(19)22(29)15-4-7-18(24)8-5-15/h4-9,12,14H,2-3,10-11H2,1H3,(H,25,26,28). The number of aryl methyl sites for hydroxylation is 1. The Hall–Kier alpha value is -3.06. The van der Waals surface area contributed by atoms with Crippen molar-refractivity contribution in [1.82, 2.24) is 4.98 Å². The van der Waals surface area contributed by atoms with Crippen LogP contribution in [0.5, 0.6) is 0 Å². The van der Waals surface area contributed by atoms with Crippen LogP contribution in [0.25, 0.3) is 11.3 Å². The minimum absolute atomic E-state index is 0.0548. The first-order valence-corrected chi connectivity index (χ1v) is 10.8. The second kappa shape index (κ2) is 7.32. The van der Waals surface area contributed by atoms with Crippen LogP contribution in [0.1, 0.15) is 33.6 Å². The molecular formula is C23H20FN3O2S. The van der Waals surface area contributed by atoms with Crippen LogP contribution in [0.15, 0.2) is 42.5 Å². The van der Waals surface area contributed by atoms with Crippen molar-refractivity contribution >= 4 is 34.0 Å². The highest BCUT2D eigenvalue weighted by Crippen LogP contribution is 2.37.